The Morgan fingerprint density at radius 2 is 1.67 bits per heavy atom. The quantitative estimate of drug-likeness (QED) is 0.668. The van der Waals surface area contributed by atoms with Crippen molar-refractivity contribution in [3.8, 4) is 0 Å². The molecule has 2 aromatic carbocycles. The van der Waals surface area contributed by atoms with Crippen molar-refractivity contribution >= 4 is 27.3 Å². The number of sulfonamides is 1. The van der Waals surface area contributed by atoms with Gasteiger partial charge >= 0.3 is 0 Å². The fourth-order valence-electron chi connectivity index (χ4n) is 2.39. The van der Waals surface area contributed by atoms with E-state index in [-0.39, 0.29) is 11.6 Å². The molecule has 0 bridgehead atoms. The molecule has 2 aromatic rings. The predicted molar refractivity (Wildman–Crippen MR) is 99.7 cm³/mol. The van der Waals surface area contributed by atoms with Crippen molar-refractivity contribution in [3.63, 3.8) is 0 Å². The lowest BCUT2D eigenvalue weighted by molar-refractivity contribution is -0.120. The molecule has 1 atom stereocenters. The average molecular weight is 397 g/mol. The lowest BCUT2D eigenvalue weighted by atomic mass is 9.96. The minimum absolute atomic E-state index is 0.196. The summed E-state index contributed by atoms with van der Waals surface area (Å²) in [6.45, 7) is 3.56. The highest BCUT2D eigenvalue weighted by molar-refractivity contribution is 7.92. The minimum atomic E-state index is -4.08. The summed E-state index contributed by atoms with van der Waals surface area (Å²) < 4.78 is 53.0. The van der Waals surface area contributed by atoms with Gasteiger partial charge in [-0.15, -0.1) is 0 Å². The summed E-state index contributed by atoms with van der Waals surface area (Å²) in [5, 5.41) is 2.67. The Labute approximate surface area is 156 Å². The van der Waals surface area contributed by atoms with Crippen LogP contribution in [0.1, 0.15) is 26.7 Å². The molecule has 27 heavy (non-hydrogen) atoms. The van der Waals surface area contributed by atoms with E-state index in [9.17, 15) is 22.0 Å². The molecule has 0 aliphatic heterocycles. The third-order valence-electron chi connectivity index (χ3n) is 3.88. The van der Waals surface area contributed by atoms with Gasteiger partial charge in [0.15, 0.2) is 11.6 Å². The Kier molecular flexibility index (Phi) is 6.17. The molecule has 6 nitrogen and oxygen atoms in total. The van der Waals surface area contributed by atoms with Crippen LogP contribution in [0.4, 0.5) is 20.2 Å². The highest BCUT2D eigenvalue weighted by Crippen LogP contribution is 2.21. The Morgan fingerprint density at radius 3 is 2.22 bits per heavy atom. The van der Waals surface area contributed by atoms with Crippen molar-refractivity contribution in [1.82, 2.24) is 0 Å². The number of carbonyl (C=O) groups excluding carboxylic acids is 1. The number of hydrogen-bond donors (Lipinski definition) is 3. The Morgan fingerprint density at radius 1 is 1.07 bits per heavy atom. The van der Waals surface area contributed by atoms with E-state index in [1.807, 2.05) is 6.92 Å². The summed E-state index contributed by atoms with van der Waals surface area (Å²) in [6, 6.07) is 8.17. The molecule has 0 spiro atoms. The molecule has 4 N–H and O–H groups in total. The number of halogens is 2. The standard InChI is InChI=1S/C18H21F2N3O3S/c1-3-10-18(2,21)17(24)22-12-4-6-13(7-5-12)23-27(25,26)14-8-9-15(19)16(20)11-14/h4-9,11,23H,3,10,21H2,1-2H3,(H,22,24). The molecular weight excluding hydrogens is 376 g/mol. The summed E-state index contributed by atoms with van der Waals surface area (Å²) in [7, 11) is -4.08. The van der Waals surface area contributed by atoms with E-state index in [1.165, 1.54) is 24.3 Å². The van der Waals surface area contributed by atoms with Crippen molar-refractivity contribution in [2.75, 3.05) is 10.0 Å². The molecule has 0 saturated carbocycles. The Balaban J connectivity index is 2.11. The maximum Gasteiger partial charge on any atom is 0.261 e. The van der Waals surface area contributed by atoms with E-state index in [4.69, 9.17) is 5.73 Å². The van der Waals surface area contributed by atoms with Crippen LogP contribution in [0.25, 0.3) is 0 Å². The molecule has 0 saturated heterocycles. The fraction of sp³-hybridized carbons (Fsp3) is 0.278. The molecule has 0 aliphatic carbocycles. The van der Waals surface area contributed by atoms with Gasteiger partial charge in [0, 0.05) is 11.4 Å². The SMILES string of the molecule is CCCC(C)(N)C(=O)Nc1ccc(NS(=O)(=O)c2ccc(F)c(F)c2)cc1. The Hall–Kier alpha value is -2.52. The van der Waals surface area contributed by atoms with E-state index < -0.39 is 32.1 Å². The van der Waals surface area contributed by atoms with Crippen LogP contribution in [0.2, 0.25) is 0 Å². The maximum atomic E-state index is 13.3. The van der Waals surface area contributed by atoms with Gasteiger partial charge in [-0.05, 0) is 55.8 Å². The fourth-order valence-corrected chi connectivity index (χ4v) is 3.46. The average Bonchev–Trinajstić information content (AvgIpc) is 2.58. The maximum absolute atomic E-state index is 13.3. The van der Waals surface area contributed by atoms with Crippen LogP contribution in [0, 0.1) is 11.6 Å². The minimum Gasteiger partial charge on any atom is -0.325 e. The third kappa shape index (κ3) is 5.24. The summed E-state index contributed by atoms with van der Waals surface area (Å²) in [4.78, 5) is 11.8. The summed E-state index contributed by atoms with van der Waals surface area (Å²) in [5.74, 6) is -2.74. The second-order valence-corrected chi connectivity index (χ2v) is 8.06. The first kappa shape index (κ1) is 20.8. The summed E-state index contributed by atoms with van der Waals surface area (Å²) in [5.41, 5.74) is 5.59. The first-order valence-corrected chi connectivity index (χ1v) is 9.72. The van der Waals surface area contributed by atoms with Gasteiger partial charge in [0.2, 0.25) is 5.91 Å². The number of nitrogens with one attached hydrogen (secondary N) is 2. The summed E-state index contributed by atoms with van der Waals surface area (Å²) in [6.07, 6.45) is 1.27. The van der Waals surface area contributed by atoms with Crippen LogP contribution in [-0.4, -0.2) is 19.9 Å². The van der Waals surface area contributed by atoms with Crippen LogP contribution in [-0.2, 0) is 14.8 Å². The van der Waals surface area contributed by atoms with Crippen LogP contribution in [0.15, 0.2) is 47.4 Å². The smallest absolute Gasteiger partial charge is 0.261 e. The second kappa shape index (κ2) is 8.01. The molecule has 1 amide bonds. The van der Waals surface area contributed by atoms with Gasteiger partial charge in [-0.3, -0.25) is 9.52 Å². The van der Waals surface area contributed by atoms with Gasteiger partial charge in [0.05, 0.1) is 10.4 Å². The molecule has 0 aliphatic rings. The number of anilines is 2. The number of hydrogen-bond acceptors (Lipinski definition) is 4. The van der Waals surface area contributed by atoms with Gasteiger partial charge in [-0.1, -0.05) is 13.3 Å². The normalized spacial score (nSPS) is 13.7. The van der Waals surface area contributed by atoms with E-state index in [0.717, 1.165) is 18.6 Å². The number of carbonyl (C=O) groups is 1. The van der Waals surface area contributed by atoms with Gasteiger partial charge < -0.3 is 11.1 Å². The molecular formula is C18H21F2N3O3S. The monoisotopic (exact) mass is 397 g/mol. The summed E-state index contributed by atoms with van der Waals surface area (Å²) >= 11 is 0. The van der Waals surface area contributed by atoms with Crippen LogP contribution in [0.3, 0.4) is 0 Å². The van der Waals surface area contributed by atoms with E-state index in [0.29, 0.717) is 18.2 Å². The highest BCUT2D eigenvalue weighted by atomic mass is 32.2. The number of nitrogens with two attached hydrogens (primary N) is 1. The lowest BCUT2D eigenvalue weighted by Crippen LogP contribution is -2.48. The number of rotatable bonds is 7. The number of benzene rings is 2. The van der Waals surface area contributed by atoms with Crippen molar-refractivity contribution in [1.29, 1.82) is 0 Å². The predicted octanol–water partition coefficient (Wildman–Crippen LogP) is 3.22. The number of amides is 1. The van der Waals surface area contributed by atoms with Crippen molar-refractivity contribution in [3.05, 3.63) is 54.1 Å². The highest BCUT2D eigenvalue weighted by Gasteiger charge is 2.27. The van der Waals surface area contributed by atoms with Gasteiger partial charge in [0.25, 0.3) is 10.0 Å². The molecule has 146 valence electrons. The molecule has 0 radical (unpaired) electrons. The Bertz CT molecular complexity index is 929. The third-order valence-corrected chi connectivity index (χ3v) is 5.26. The molecule has 0 fully saturated rings. The van der Waals surface area contributed by atoms with Gasteiger partial charge in [0.1, 0.15) is 0 Å². The van der Waals surface area contributed by atoms with E-state index in [1.54, 1.807) is 6.92 Å². The van der Waals surface area contributed by atoms with Gasteiger partial charge in [-0.2, -0.15) is 0 Å². The van der Waals surface area contributed by atoms with Crippen LogP contribution >= 0.6 is 0 Å². The zero-order valence-electron chi connectivity index (χ0n) is 14.9. The van der Waals surface area contributed by atoms with E-state index >= 15 is 0 Å². The van der Waals surface area contributed by atoms with Gasteiger partial charge in [-0.25, -0.2) is 17.2 Å². The van der Waals surface area contributed by atoms with Crippen LogP contribution in [0.5, 0.6) is 0 Å². The lowest BCUT2D eigenvalue weighted by Gasteiger charge is -2.22. The molecule has 2 rings (SSSR count). The van der Waals surface area contributed by atoms with E-state index in [2.05, 4.69) is 10.0 Å². The van der Waals surface area contributed by atoms with Crippen LogP contribution < -0.4 is 15.8 Å². The molecule has 1 unspecified atom stereocenters. The van der Waals surface area contributed by atoms with Crippen molar-refractivity contribution in [2.24, 2.45) is 5.73 Å². The van der Waals surface area contributed by atoms with Crippen molar-refractivity contribution in [2.45, 2.75) is 37.1 Å². The topological polar surface area (TPSA) is 101 Å². The van der Waals surface area contributed by atoms with Crippen molar-refractivity contribution < 1.29 is 22.0 Å². The zero-order valence-corrected chi connectivity index (χ0v) is 15.7. The molecule has 9 heteroatoms. The molecule has 0 heterocycles. The first-order valence-electron chi connectivity index (χ1n) is 8.23. The zero-order chi connectivity index (χ0) is 20.2. The second-order valence-electron chi connectivity index (χ2n) is 6.38. The largest absolute Gasteiger partial charge is 0.325 e. The first-order chi connectivity index (χ1) is 12.5. The molecule has 0 aromatic heterocycles.